The summed E-state index contributed by atoms with van der Waals surface area (Å²) in [5, 5.41) is 9.51. The lowest BCUT2D eigenvalue weighted by molar-refractivity contribution is -0.136. The van der Waals surface area contributed by atoms with Crippen molar-refractivity contribution in [1.82, 2.24) is 0 Å². The zero-order valence-electron chi connectivity index (χ0n) is 33.1. The van der Waals surface area contributed by atoms with Gasteiger partial charge in [-0.25, -0.2) is 0 Å². The van der Waals surface area contributed by atoms with Crippen LogP contribution in [0, 0.1) is 18.8 Å². The molecule has 1 fully saturated rings. The lowest BCUT2D eigenvalue weighted by Gasteiger charge is -2.38. The molecule has 1 aromatic rings. The maximum Gasteiger partial charge on any atom is 0.305 e. The number of anilines is 1. The number of unbranched alkanes of at least 4 members (excludes halogenated alkanes) is 5. The van der Waals surface area contributed by atoms with Crippen molar-refractivity contribution in [2.75, 3.05) is 18.0 Å². The Bertz CT molecular complexity index is 1650. The SMILES string of the molecule is C=C1C=C(C(C)(C)/C(=C/C=C2\CCCC(=CC=C3N(CCCC)c4ccc(C)cc4C3(C)C)C2=NCCC(=O)O)CCCCCCC)C(C)=C[CH-]1. The predicted octanol–water partition coefficient (Wildman–Crippen LogP) is 12.7. The molecular weight excluding hydrogens is 625 g/mol. The van der Waals surface area contributed by atoms with Crippen molar-refractivity contribution in [2.45, 2.75) is 138 Å². The third kappa shape index (κ3) is 9.96. The van der Waals surface area contributed by atoms with E-state index in [9.17, 15) is 9.90 Å². The molecule has 276 valence electrons. The number of rotatable bonds is 16. The number of aliphatic carboxylic acids is 1. The van der Waals surface area contributed by atoms with E-state index in [1.54, 1.807) is 0 Å². The molecule has 4 nitrogen and oxygen atoms in total. The van der Waals surface area contributed by atoms with E-state index in [4.69, 9.17) is 4.99 Å². The summed E-state index contributed by atoms with van der Waals surface area (Å²) in [4.78, 5) is 19.1. The fraction of sp³-hybridized carbons (Fsp3) is 0.511. The van der Waals surface area contributed by atoms with E-state index in [0.717, 1.165) is 56.4 Å². The highest BCUT2D eigenvalue weighted by molar-refractivity contribution is 6.13. The molecule has 3 aliphatic rings. The van der Waals surface area contributed by atoms with E-state index in [-0.39, 0.29) is 23.8 Å². The Hall–Kier alpha value is -3.79. The Morgan fingerprint density at radius 2 is 1.71 bits per heavy atom. The number of carboxylic acids is 1. The smallest absolute Gasteiger partial charge is 0.305 e. The number of aliphatic imine (C=N–C) groups is 1. The van der Waals surface area contributed by atoms with E-state index in [1.807, 2.05) is 0 Å². The van der Waals surface area contributed by atoms with Gasteiger partial charge in [-0.1, -0.05) is 122 Å². The van der Waals surface area contributed by atoms with Gasteiger partial charge in [0, 0.05) is 23.3 Å². The second-order valence-corrected chi connectivity index (χ2v) is 15.9. The minimum absolute atomic E-state index is 0.0319. The van der Waals surface area contributed by atoms with Gasteiger partial charge in [-0.3, -0.25) is 9.79 Å². The van der Waals surface area contributed by atoms with Crippen molar-refractivity contribution < 1.29 is 9.90 Å². The second-order valence-electron chi connectivity index (χ2n) is 15.9. The standard InChI is InChI=1S/C47H65N2O2/c1-10-12-14-15-16-20-39(46(6,7)40-32-34(3)21-23-36(40)5)26-24-37-18-17-19-38(45(37)48-30-29-44(50)51)25-28-43-47(8,9)41-33-35(4)22-27-42(41)49(43)31-13-11-2/h21-28,32-33H,3,10-20,29-31H2,1-2,4-9H3,(H,50,51)/q-1/b37-24+,38-25?,39-26+,43-28?,48-45?. The van der Waals surface area contributed by atoms with Gasteiger partial charge in [0.25, 0.3) is 0 Å². The number of benzene rings is 1. The molecule has 0 spiro atoms. The highest BCUT2D eigenvalue weighted by Gasteiger charge is 2.39. The molecule has 2 aliphatic carbocycles. The lowest BCUT2D eigenvalue weighted by atomic mass is 9.70. The maximum absolute atomic E-state index is 11.6. The normalized spacial score (nSPS) is 21.0. The molecule has 1 aromatic carbocycles. The van der Waals surface area contributed by atoms with Crippen molar-refractivity contribution in [2.24, 2.45) is 10.4 Å². The van der Waals surface area contributed by atoms with Gasteiger partial charge in [0.05, 0.1) is 18.7 Å². The zero-order chi connectivity index (χ0) is 37.2. The van der Waals surface area contributed by atoms with Gasteiger partial charge in [-0.15, -0.1) is 29.7 Å². The monoisotopic (exact) mass is 690 g/mol. The Labute approximate surface area is 310 Å². The van der Waals surface area contributed by atoms with E-state index in [2.05, 4.69) is 128 Å². The Morgan fingerprint density at radius 3 is 2.41 bits per heavy atom. The first-order chi connectivity index (χ1) is 24.3. The van der Waals surface area contributed by atoms with Crippen molar-refractivity contribution in [3.05, 3.63) is 118 Å². The summed E-state index contributed by atoms with van der Waals surface area (Å²) in [7, 11) is 0. The number of fused-ring (bicyclic) bond motifs is 1. The summed E-state index contributed by atoms with van der Waals surface area (Å²) >= 11 is 0. The summed E-state index contributed by atoms with van der Waals surface area (Å²) in [5.41, 5.74) is 13.5. The van der Waals surface area contributed by atoms with Gasteiger partial charge in [-0.05, 0) is 79.7 Å². The van der Waals surface area contributed by atoms with Crippen LogP contribution in [0.3, 0.4) is 0 Å². The van der Waals surface area contributed by atoms with Crippen LogP contribution in [0.1, 0.15) is 137 Å². The van der Waals surface area contributed by atoms with Crippen LogP contribution in [-0.4, -0.2) is 29.9 Å². The van der Waals surface area contributed by atoms with Gasteiger partial charge < -0.3 is 10.0 Å². The van der Waals surface area contributed by atoms with Crippen LogP contribution in [0.2, 0.25) is 0 Å². The molecule has 4 rings (SSSR count). The summed E-state index contributed by atoms with van der Waals surface area (Å²) < 4.78 is 0. The molecule has 0 aromatic heterocycles. The maximum atomic E-state index is 11.6. The Balaban J connectivity index is 1.77. The Kier molecular flexibility index (Phi) is 14.2. The van der Waals surface area contributed by atoms with Gasteiger partial charge in [0.2, 0.25) is 0 Å². The molecule has 0 radical (unpaired) electrons. The molecule has 0 saturated heterocycles. The average molecular weight is 690 g/mol. The summed E-state index contributed by atoms with van der Waals surface area (Å²) in [6.45, 7) is 23.9. The Morgan fingerprint density at radius 1 is 1.00 bits per heavy atom. The molecule has 1 saturated carbocycles. The van der Waals surface area contributed by atoms with Crippen molar-refractivity contribution >= 4 is 17.4 Å². The number of hydrogen-bond donors (Lipinski definition) is 1. The van der Waals surface area contributed by atoms with Crippen molar-refractivity contribution in [3.63, 3.8) is 0 Å². The van der Waals surface area contributed by atoms with E-state index in [0.29, 0.717) is 0 Å². The largest absolute Gasteiger partial charge is 0.481 e. The number of carboxylic acid groups (broad SMARTS) is 1. The fourth-order valence-electron chi connectivity index (χ4n) is 7.97. The number of carbonyl (C=O) groups is 1. The zero-order valence-corrected chi connectivity index (χ0v) is 33.1. The number of allylic oxidation sites excluding steroid dienone is 13. The average Bonchev–Trinajstić information content (AvgIpc) is 3.29. The molecule has 0 unspecified atom stereocenters. The first-order valence-corrected chi connectivity index (χ1v) is 19.7. The van der Waals surface area contributed by atoms with Gasteiger partial charge in [0.15, 0.2) is 0 Å². The third-order valence-corrected chi connectivity index (χ3v) is 11.1. The minimum Gasteiger partial charge on any atom is -0.481 e. The fourth-order valence-corrected chi connectivity index (χ4v) is 7.97. The summed E-state index contributed by atoms with van der Waals surface area (Å²) in [6.07, 6.45) is 28.4. The van der Waals surface area contributed by atoms with E-state index < -0.39 is 5.97 Å². The van der Waals surface area contributed by atoms with Gasteiger partial charge in [0.1, 0.15) is 0 Å². The van der Waals surface area contributed by atoms with Crippen LogP contribution in [0.25, 0.3) is 0 Å². The van der Waals surface area contributed by atoms with Crippen molar-refractivity contribution in [1.29, 1.82) is 0 Å². The molecular formula is C47H65N2O2-. The lowest BCUT2D eigenvalue weighted by Crippen LogP contribution is -2.27. The second kappa shape index (κ2) is 18.1. The number of nitrogens with zero attached hydrogens (tertiary/aromatic N) is 2. The molecule has 0 amide bonds. The minimum atomic E-state index is -0.810. The van der Waals surface area contributed by atoms with Gasteiger partial charge >= 0.3 is 5.97 Å². The van der Waals surface area contributed by atoms with Crippen molar-refractivity contribution in [3.8, 4) is 0 Å². The molecule has 1 aliphatic heterocycles. The van der Waals surface area contributed by atoms with Crippen LogP contribution in [0.5, 0.6) is 0 Å². The van der Waals surface area contributed by atoms with Crippen LogP contribution < -0.4 is 4.90 Å². The van der Waals surface area contributed by atoms with Gasteiger partial charge in [-0.2, -0.15) is 12.2 Å². The third-order valence-electron chi connectivity index (χ3n) is 11.1. The highest BCUT2D eigenvalue weighted by atomic mass is 16.4. The van der Waals surface area contributed by atoms with Crippen LogP contribution in [0.15, 0.2) is 105 Å². The quantitative estimate of drug-likeness (QED) is 0.139. The topological polar surface area (TPSA) is 52.9 Å². The molecule has 0 bridgehead atoms. The molecule has 51 heavy (non-hydrogen) atoms. The highest BCUT2D eigenvalue weighted by Crippen LogP contribution is 2.48. The first kappa shape index (κ1) is 40.0. The van der Waals surface area contributed by atoms with Crippen LogP contribution in [0.4, 0.5) is 5.69 Å². The summed E-state index contributed by atoms with van der Waals surface area (Å²) in [5.74, 6) is -0.810. The number of aryl methyl sites for hydroxylation is 1. The predicted molar refractivity (Wildman–Crippen MR) is 220 cm³/mol. The van der Waals surface area contributed by atoms with Crippen LogP contribution >= 0.6 is 0 Å². The molecule has 1 heterocycles. The molecule has 0 atom stereocenters. The first-order valence-electron chi connectivity index (χ1n) is 19.7. The van der Waals surface area contributed by atoms with E-state index in [1.165, 1.54) is 82.5 Å². The van der Waals surface area contributed by atoms with Crippen LogP contribution in [-0.2, 0) is 10.2 Å². The molecule has 4 heteroatoms. The number of hydrogen-bond acceptors (Lipinski definition) is 3. The summed E-state index contributed by atoms with van der Waals surface area (Å²) in [6, 6.07) is 6.87. The van der Waals surface area contributed by atoms with E-state index >= 15 is 0 Å². The molecule has 1 N–H and O–H groups in total.